The Morgan fingerprint density at radius 1 is 0.902 bits per heavy atom. The largest absolute Gasteiger partial charge is 0.444 e. The highest BCUT2D eigenvalue weighted by atomic mass is 19.1. The van der Waals surface area contributed by atoms with Crippen LogP contribution in [0.3, 0.4) is 0 Å². The minimum atomic E-state index is -0.888. The van der Waals surface area contributed by atoms with E-state index in [2.05, 4.69) is 41.9 Å². The smallest absolute Gasteiger partial charge is 0.407 e. The number of alkyl carbamates (subject to hydrolysis) is 1. The van der Waals surface area contributed by atoms with Crippen LogP contribution >= 0.6 is 0 Å². The number of carbonyl (C=O) groups excluding carboxylic acids is 4. The number of carbonyl (C=O) groups is 4. The standard InChI is InChI=1S/C37H43FN8O5/c1-22(47)40-31-18-15-28(20-30(31)38)25-9-5-23(6-10-25)19-32(35(49)41-29-16-13-26(14-17-29)33-43-45-46-44-33)42-34(48)27-11-7-24(8-12-27)21-39-36(50)51-37(2,3)4/h5-6,9-10,13-18,20,24,27,32H,7-8,11-12,19,21H2,1-4H3,(H,39,50)(H,40,47)(H,41,49)(H,42,48)(H,43,44,45,46)/t24-,27-,32-/m0/s1. The fourth-order valence-corrected chi connectivity index (χ4v) is 5.94. The van der Waals surface area contributed by atoms with Crippen molar-refractivity contribution in [1.82, 2.24) is 31.3 Å². The predicted molar refractivity (Wildman–Crippen MR) is 190 cm³/mol. The number of amides is 4. The summed E-state index contributed by atoms with van der Waals surface area (Å²) in [6.45, 7) is 7.22. The van der Waals surface area contributed by atoms with Crippen molar-refractivity contribution >= 4 is 35.2 Å². The molecule has 1 heterocycles. The van der Waals surface area contributed by atoms with Crippen LogP contribution in [0.25, 0.3) is 22.5 Å². The van der Waals surface area contributed by atoms with Gasteiger partial charge in [-0.1, -0.05) is 30.3 Å². The van der Waals surface area contributed by atoms with E-state index in [1.165, 1.54) is 19.1 Å². The first-order valence-corrected chi connectivity index (χ1v) is 16.9. The highest BCUT2D eigenvalue weighted by molar-refractivity contribution is 5.98. The second-order valence-electron chi connectivity index (χ2n) is 13.7. The van der Waals surface area contributed by atoms with Crippen molar-refractivity contribution < 1.29 is 28.3 Å². The minimum Gasteiger partial charge on any atom is -0.444 e. The Balaban J connectivity index is 1.24. The summed E-state index contributed by atoms with van der Waals surface area (Å²) in [6, 6.07) is 18.0. The first-order chi connectivity index (χ1) is 24.3. The number of hydrogen-bond acceptors (Lipinski definition) is 8. The monoisotopic (exact) mass is 698 g/mol. The lowest BCUT2D eigenvalue weighted by Gasteiger charge is -2.29. The first kappa shape index (κ1) is 36.6. The summed E-state index contributed by atoms with van der Waals surface area (Å²) < 4.78 is 19.9. The summed E-state index contributed by atoms with van der Waals surface area (Å²) in [6.07, 6.45) is 2.52. The van der Waals surface area contributed by atoms with E-state index in [9.17, 15) is 23.6 Å². The van der Waals surface area contributed by atoms with Gasteiger partial charge in [-0.05, 0) is 111 Å². The number of tetrazole rings is 1. The van der Waals surface area contributed by atoms with Crippen molar-refractivity contribution in [1.29, 1.82) is 0 Å². The maximum Gasteiger partial charge on any atom is 0.407 e. The summed E-state index contributed by atoms with van der Waals surface area (Å²) in [5.41, 5.74) is 2.93. The molecule has 13 nitrogen and oxygen atoms in total. The highest BCUT2D eigenvalue weighted by Crippen LogP contribution is 2.29. The lowest BCUT2D eigenvalue weighted by molar-refractivity contribution is -0.130. The maximum absolute atomic E-state index is 14.6. The number of rotatable bonds is 11. The van der Waals surface area contributed by atoms with E-state index < -0.39 is 23.6 Å². The molecule has 0 unspecified atom stereocenters. The third kappa shape index (κ3) is 10.7. The number of benzene rings is 3. The van der Waals surface area contributed by atoms with Crippen LogP contribution in [-0.4, -0.2) is 62.6 Å². The number of anilines is 2. The van der Waals surface area contributed by atoms with Crippen LogP contribution < -0.4 is 21.3 Å². The van der Waals surface area contributed by atoms with Crippen LogP contribution in [0.5, 0.6) is 0 Å². The molecule has 5 N–H and O–H groups in total. The van der Waals surface area contributed by atoms with Crippen molar-refractivity contribution in [2.24, 2.45) is 11.8 Å². The van der Waals surface area contributed by atoms with Gasteiger partial charge >= 0.3 is 6.09 Å². The van der Waals surface area contributed by atoms with Gasteiger partial charge in [-0.3, -0.25) is 14.4 Å². The number of halogens is 1. The number of aromatic nitrogens is 4. The normalized spacial score (nSPS) is 16.4. The Morgan fingerprint density at radius 2 is 1.57 bits per heavy atom. The van der Waals surface area contributed by atoms with Gasteiger partial charge in [0, 0.05) is 37.1 Å². The molecule has 1 fully saturated rings. The van der Waals surface area contributed by atoms with Crippen LogP contribution in [-0.2, 0) is 25.5 Å². The van der Waals surface area contributed by atoms with Gasteiger partial charge in [-0.25, -0.2) is 9.18 Å². The topological polar surface area (TPSA) is 180 Å². The van der Waals surface area contributed by atoms with Crippen LogP contribution in [0.2, 0.25) is 0 Å². The number of H-pyrrole nitrogens is 1. The van der Waals surface area contributed by atoms with Crippen LogP contribution in [0.15, 0.2) is 66.7 Å². The van der Waals surface area contributed by atoms with E-state index in [4.69, 9.17) is 4.74 Å². The lowest BCUT2D eigenvalue weighted by Crippen LogP contribution is -2.48. The third-order valence-corrected chi connectivity index (χ3v) is 8.55. The Bertz CT molecular complexity index is 1820. The van der Waals surface area contributed by atoms with Crippen LogP contribution in [0.1, 0.15) is 58.9 Å². The molecule has 14 heteroatoms. The van der Waals surface area contributed by atoms with Crippen molar-refractivity contribution in [3.8, 4) is 22.5 Å². The maximum atomic E-state index is 14.6. The molecule has 1 aromatic heterocycles. The average molecular weight is 699 g/mol. The molecular weight excluding hydrogens is 655 g/mol. The fourth-order valence-electron chi connectivity index (χ4n) is 5.94. The molecule has 1 aliphatic rings. The van der Waals surface area contributed by atoms with Gasteiger partial charge in [-0.15, -0.1) is 10.2 Å². The molecule has 4 aromatic rings. The van der Waals surface area contributed by atoms with Crippen molar-refractivity contribution in [2.75, 3.05) is 17.2 Å². The van der Waals surface area contributed by atoms with E-state index in [1.54, 1.807) is 30.3 Å². The van der Waals surface area contributed by atoms with E-state index >= 15 is 0 Å². The van der Waals surface area contributed by atoms with Crippen molar-refractivity contribution in [3.05, 3.63) is 78.1 Å². The molecule has 268 valence electrons. The lowest BCUT2D eigenvalue weighted by atomic mass is 9.81. The van der Waals surface area contributed by atoms with E-state index in [0.29, 0.717) is 42.0 Å². The zero-order chi connectivity index (χ0) is 36.5. The highest BCUT2D eigenvalue weighted by Gasteiger charge is 2.30. The Labute approximate surface area is 295 Å². The van der Waals surface area contributed by atoms with E-state index in [1.807, 2.05) is 45.0 Å². The molecule has 0 aliphatic heterocycles. The molecule has 4 amide bonds. The summed E-state index contributed by atoms with van der Waals surface area (Å²) in [4.78, 5) is 50.7. The number of nitrogens with one attached hydrogen (secondary N) is 5. The summed E-state index contributed by atoms with van der Waals surface area (Å²) in [7, 11) is 0. The number of hydrogen-bond donors (Lipinski definition) is 5. The van der Waals surface area contributed by atoms with E-state index in [-0.39, 0.29) is 41.7 Å². The molecule has 0 radical (unpaired) electrons. The molecule has 51 heavy (non-hydrogen) atoms. The van der Waals surface area contributed by atoms with Gasteiger partial charge in [0.25, 0.3) is 0 Å². The summed E-state index contributed by atoms with van der Waals surface area (Å²) in [5.74, 6) is -1.13. The fraction of sp³-hybridized carbons (Fsp3) is 0.378. The molecule has 0 bridgehead atoms. The minimum absolute atomic E-state index is 0.0999. The number of ether oxygens (including phenoxy) is 1. The molecule has 3 aromatic carbocycles. The Hall–Kier alpha value is -5.66. The van der Waals surface area contributed by atoms with Gasteiger partial charge in [0.15, 0.2) is 0 Å². The molecule has 1 aliphatic carbocycles. The van der Waals surface area contributed by atoms with Gasteiger partial charge in [0.1, 0.15) is 17.5 Å². The number of nitrogens with zero attached hydrogens (tertiary/aromatic N) is 3. The quantitative estimate of drug-likeness (QED) is 0.134. The van der Waals surface area contributed by atoms with Crippen LogP contribution in [0.4, 0.5) is 20.6 Å². The summed E-state index contributed by atoms with van der Waals surface area (Å²) in [5, 5.41) is 25.1. The Kier molecular flexibility index (Phi) is 11.7. The van der Waals surface area contributed by atoms with Gasteiger partial charge < -0.3 is 26.0 Å². The van der Waals surface area contributed by atoms with Crippen molar-refractivity contribution in [3.63, 3.8) is 0 Å². The molecule has 1 saturated carbocycles. The van der Waals surface area contributed by atoms with E-state index in [0.717, 1.165) is 24.0 Å². The Morgan fingerprint density at radius 3 is 2.18 bits per heavy atom. The second-order valence-corrected chi connectivity index (χ2v) is 13.7. The molecule has 5 rings (SSSR count). The zero-order valence-electron chi connectivity index (χ0n) is 29.1. The molecule has 1 atom stereocenters. The molecule has 0 spiro atoms. The predicted octanol–water partition coefficient (Wildman–Crippen LogP) is 5.63. The average Bonchev–Trinajstić information content (AvgIpc) is 3.63. The second kappa shape index (κ2) is 16.4. The molecule has 0 saturated heterocycles. The zero-order valence-corrected chi connectivity index (χ0v) is 29.1. The SMILES string of the molecule is CC(=O)Nc1ccc(-c2ccc(C[C@H](NC(=O)[C@H]3CC[C@H](CNC(=O)OC(C)(C)C)CC3)C(=O)Nc3ccc(-c4nn[nH]n4)cc3)cc2)cc1F. The molecular formula is C37H43FN8O5. The summed E-state index contributed by atoms with van der Waals surface area (Å²) >= 11 is 0. The van der Waals surface area contributed by atoms with Crippen molar-refractivity contribution in [2.45, 2.75) is 71.4 Å². The van der Waals surface area contributed by atoms with Crippen LogP contribution in [0, 0.1) is 17.7 Å². The van der Waals surface area contributed by atoms with Gasteiger partial charge in [0.05, 0.1) is 5.69 Å². The van der Waals surface area contributed by atoms with Gasteiger partial charge in [-0.2, -0.15) is 5.21 Å². The van der Waals surface area contributed by atoms with Gasteiger partial charge in [0.2, 0.25) is 23.5 Å². The third-order valence-electron chi connectivity index (χ3n) is 8.55. The number of aromatic amines is 1. The first-order valence-electron chi connectivity index (χ1n) is 16.9.